The molecule has 0 radical (unpaired) electrons. The van der Waals surface area contributed by atoms with Crippen molar-refractivity contribution in [2.24, 2.45) is 0 Å². The van der Waals surface area contributed by atoms with Gasteiger partial charge in [0.25, 0.3) is 0 Å². The molecule has 0 saturated carbocycles. The lowest BCUT2D eigenvalue weighted by Crippen LogP contribution is -2.19. The van der Waals surface area contributed by atoms with Crippen molar-refractivity contribution in [2.45, 2.75) is 78.1 Å². The van der Waals surface area contributed by atoms with Gasteiger partial charge in [0.15, 0.2) is 0 Å². The largest absolute Gasteiger partial charge is 0.480 e. The molecule has 0 aromatic rings. The van der Waals surface area contributed by atoms with E-state index in [4.69, 9.17) is 5.11 Å². The monoisotopic (exact) mass is 295 g/mol. The minimum Gasteiger partial charge on any atom is -0.480 e. The summed E-state index contributed by atoms with van der Waals surface area (Å²) in [6.45, 7) is 4.45. The van der Waals surface area contributed by atoms with Gasteiger partial charge in [-0.15, -0.1) is 0 Å². The average molecular weight is 295 g/mol. The highest BCUT2D eigenvalue weighted by molar-refractivity contribution is 5.69. The lowest BCUT2D eigenvalue weighted by molar-refractivity contribution is -0.137. The molecule has 0 fully saturated rings. The zero-order valence-electron chi connectivity index (χ0n) is 13.9. The molecule has 0 aliphatic heterocycles. The van der Waals surface area contributed by atoms with E-state index in [1.54, 1.807) is 4.90 Å². The molecule has 0 spiro atoms. The van der Waals surface area contributed by atoms with Gasteiger partial charge in [0.2, 0.25) is 0 Å². The van der Waals surface area contributed by atoms with Crippen LogP contribution < -0.4 is 0 Å². The number of hydrogen-bond donors (Lipinski definition) is 1. The molecule has 122 valence electrons. The molecule has 0 unspecified atom stereocenters. The summed E-state index contributed by atoms with van der Waals surface area (Å²) in [4.78, 5) is 12.6. The van der Waals surface area contributed by atoms with Crippen molar-refractivity contribution in [3.05, 3.63) is 24.6 Å². The summed E-state index contributed by atoms with van der Waals surface area (Å²) < 4.78 is 0. The molecule has 0 saturated heterocycles. The number of aliphatic carboxylic acids is 1. The summed E-state index contributed by atoms with van der Waals surface area (Å²) in [5.74, 6) is -0.790. The minimum absolute atomic E-state index is 0.0386. The predicted octanol–water partition coefficient (Wildman–Crippen LogP) is 5.34. The van der Waals surface area contributed by atoms with E-state index in [0.717, 1.165) is 12.8 Å². The van der Waals surface area contributed by atoms with Gasteiger partial charge in [-0.25, -0.2) is 0 Å². The molecule has 3 heteroatoms. The summed E-state index contributed by atoms with van der Waals surface area (Å²) >= 11 is 0. The molecule has 0 aromatic heterocycles. The Kier molecular flexibility index (Phi) is 14.2. The summed E-state index contributed by atoms with van der Waals surface area (Å²) in [7, 11) is 0. The first-order valence-corrected chi connectivity index (χ1v) is 8.51. The summed E-state index contributed by atoms with van der Waals surface area (Å²) in [5, 5.41) is 8.92. The molecule has 21 heavy (non-hydrogen) atoms. The highest BCUT2D eigenvalue weighted by Gasteiger charge is 2.00. The molecular weight excluding hydrogens is 262 g/mol. The zero-order valence-corrected chi connectivity index (χ0v) is 13.9. The normalized spacial score (nSPS) is 11.5. The zero-order chi connectivity index (χ0) is 15.8. The summed E-state index contributed by atoms with van der Waals surface area (Å²) in [6, 6.07) is 0. The van der Waals surface area contributed by atoms with Crippen molar-refractivity contribution in [2.75, 3.05) is 6.54 Å². The Hall–Kier alpha value is -1.25. The van der Waals surface area contributed by atoms with E-state index in [9.17, 15) is 4.79 Å². The fourth-order valence-corrected chi connectivity index (χ4v) is 2.11. The maximum atomic E-state index is 10.8. The first kappa shape index (κ1) is 19.8. The minimum atomic E-state index is -0.790. The standard InChI is InChI=1S/C18H33NO2/c1-3-5-7-9-11-13-15-19(17-18(20)21)16-14-12-10-8-6-4-2/h13-16H,3-12,17H2,1-2H3,(H,20,21). The summed E-state index contributed by atoms with van der Waals surface area (Å²) in [6.07, 6.45) is 20.0. The number of carboxylic acids is 1. The Bertz CT molecular complexity index is 276. The van der Waals surface area contributed by atoms with E-state index in [1.165, 1.54) is 51.4 Å². The Morgan fingerprint density at radius 2 is 1.33 bits per heavy atom. The third-order valence-corrected chi connectivity index (χ3v) is 3.36. The maximum absolute atomic E-state index is 10.8. The fourth-order valence-electron chi connectivity index (χ4n) is 2.11. The Morgan fingerprint density at radius 1 is 0.857 bits per heavy atom. The molecule has 3 nitrogen and oxygen atoms in total. The molecule has 0 aromatic carbocycles. The van der Waals surface area contributed by atoms with Crippen LogP contribution in [0.2, 0.25) is 0 Å². The van der Waals surface area contributed by atoms with Crippen molar-refractivity contribution >= 4 is 5.97 Å². The molecule has 0 amide bonds. The van der Waals surface area contributed by atoms with E-state index in [2.05, 4.69) is 26.0 Å². The third kappa shape index (κ3) is 15.0. The number of unbranched alkanes of at least 4 members (excludes halogenated alkanes) is 8. The van der Waals surface area contributed by atoms with E-state index in [0.29, 0.717) is 0 Å². The van der Waals surface area contributed by atoms with Crippen LogP contribution in [0.4, 0.5) is 0 Å². The molecule has 0 aliphatic rings. The van der Waals surface area contributed by atoms with Gasteiger partial charge in [0.05, 0.1) is 0 Å². The van der Waals surface area contributed by atoms with E-state index >= 15 is 0 Å². The van der Waals surface area contributed by atoms with Crippen LogP contribution in [-0.2, 0) is 4.79 Å². The smallest absolute Gasteiger partial charge is 0.323 e. The van der Waals surface area contributed by atoms with Crippen molar-refractivity contribution in [3.8, 4) is 0 Å². The predicted molar refractivity (Wildman–Crippen MR) is 90.1 cm³/mol. The lowest BCUT2D eigenvalue weighted by atomic mass is 10.1. The molecular formula is C18H33NO2. The molecule has 0 rings (SSSR count). The second-order valence-corrected chi connectivity index (χ2v) is 5.53. The maximum Gasteiger partial charge on any atom is 0.323 e. The van der Waals surface area contributed by atoms with Crippen LogP contribution >= 0.6 is 0 Å². The Morgan fingerprint density at radius 3 is 1.71 bits per heavy atom. The molecule has 0 heterocycles. The second kappa shape index (κ2) is 15.1. The van der Waals surface area contributed by atoms with Gasteiger partial charge in [0.1, 0.15) is 6.54 Å². The van der Waals surface area contributed by atoms with Gasteiger partial charge in [-0.3, -0.25) is 4.79 Å². The highest BCUT2D eigenvalue weighted by atomic mass is 16.4. The quantitative estimate of drug-likeness (QED) is 0.440. The number of nitrogens with zero attached hydrogens (tertiary/aromatic N) is 1. The van der Waals surface area contributed by atoms with Crippen LogP contribution in [0.3, 0.4) is 0 Å². The van der Waals surface area contributed by atoms with Gasteiger partial charge in [-0.2, -0.15) is 0 Å². The van der Waals surface area contributed by atoms with Crippen molar-refractivity contribution in [1.82, 2.24) is 4.90 Å². The third-order valence-electron chi connectivity index (χ3n) is 3.36. The molecule has 1 N–H and O–H groups in total. The van der Waals surface area contributed by atoms with E-state index < -0.39 is 5.97 Å². The number of carbonyl (C=O) groups is 1. The molecule has 0 atom stereocenters. The van der Waals surface area contributed by atoms with E-state index in [1.807, 2.05) is 12.4 Å². The Balaban J connectivity index is 3.98. The number of allylic oxidation sites excluding steroid dienone is 2. The van der Waals surface area contributed by atoms with E-state index in [-0.39, 0.29) is 6.54 Å². The van der Waals surface area contributed by atoms with Crippen LogP contribution in [0.5, 0.6) is 0 Å². The van der Waals surface area contributed by atoms with Crippen molar-refractivity contribution in [3.63, 3.8) is 0 Å². The van der Waals surface area contributed by atoms with Crippen LogP contribution in [0.25, 0.3) is 0 Å². The average Bonchev–Trinajstić information content (AvgIpc) is 2.45. The number of rotatable bonds is 14. The number of hydrogen-bond acceptors (Lipinski definition) is 2. The highest BCUT2D eigenvalue weighted by Crippen LogP contribution is 2.06. The fraction of sp³-hybridized carbons (Fsp3) is 0.722. The lowest BCUT2D eigenvalue weighted by Gasteiger charge is -2.12. The van der Waals surface area contributed by atoms with Crippen molar-refractivity contribution < 1.29 is 9.90 Å². The van der Waals surface area contributed by atoms with Gasteiger partial charge < -0.3 is 10.0 Å². The van der Waals surface area contributed by atoms with Gasteiger partial charge >= 0.3 is 5.97 Å². The Labute approximate surface area is 130 Å². The molecule has 0 aliphatic carbocycles. The first-order chi connectivity index (χ1) is 10.2. The summed E-state index contributed by atoms with van der Waals surface area (Å²) in [5.41, 5.74) is 0. The van der Waals surface area contributed by atoms with Gasteiger partial charge in [-0.05, 0) is 25.7 Å². The van der Waals surface area contributed by atoms with Crippen LogP contribution in [0.1, 0.15) is 78.1 Å². The second-order valence-electron chi connectivity index (χ2n) is 5.53. The first-order valence-electron chi connectivity index (χ1n) is 8.51. The topological polar surface area (TPSA) is 40.5 Å². The van der Waals surface area contributed by atoms with Crippen molar-refractivity contribution in [1.29, 1.82) is 0 Å². The van der Waals surface area contributed by atoms with Crippen LogP contribution in [-0.4, -0.2) is 22.5 Å². The number of carboxylic acid groups (broad SMARTS) is 1. The van der Waals surface area contributed by atoms with Gasteiger partial charge in [0, 0.05) is 12.4 Å². The van der Waals surface area contributed by atoms with Crippen LogP contribution in [0, 0.1) is 0 Å². The molecule has 0 bridgehead atoms. The SMILES string of the molecule is CCCCCCC=CN(C=CCCCCCC)CC(=O)O. The van der Waals surface area contributed by atoms with Crippen LogP contribution in [0.15, 0.2) is 24.6 Å². The van der Waals surface area contributed by atoms with Gasteiger partial charge in [-0.1, -0.05) is 64.5 Å².